The Labute approximate surface area is 111 Å². The lowest BCUT2D eigenvalue weighted by Crippen LogP contribution is -2.42. The van der Waals surface area contributed by atoms with E-state index in [1.165, 1.54) is 0 Å². The van der Waals surface area contributed by atoms with Gasteiger partial charge in [0.1, 0.15) is 0 Å². The zero-order chi connectivity index (χ0) is 14.7. The molecule has 0 fully saturated rings. The largest absolute Gasteiger partial charge is 0.452 e. The molecule has 0 aromatic rings. The first-order valence-electron chi connectivity index (χ1n) is 4.44. The van der Waals surface area contributed by atoms with Gasteiger partial charge >= 0.3 is 18.3 Å². The number of rotatable bonds is 4. The highest BCUT2D eigenvalue weighted by Crippen LogP contribution is 2.35. The molecule has 0 saturated heterocycles. The van der Waals surface area contributed by atoms with Gasteiger partial charge in [-0.2, -0.15) is 26.3 Å². The van der Waals surface area contributed by atoms with Gasteiger partial charge < -0.3 is 4.74 Å². The second-order valence-electron chi connectivity index (χ2n) is 3.33. The lowest BCUT2D eigenvalue weighted by atomic mass is 10.1. The fourth-order valence-corrected chi connectivity index (χ4v) is 1.98. The smallest absolute Gasteiger partial charge is 0.426 e. The number of hydrogen-bond donors (Lipinski definition) is 0. The monoisotopic (exact) mass is 396 g/mol. The molecule has 0 spiro atoms. The third-order valence-electron chi connectivity index (χ3n) is 1.73. The second kappa shape index (κ2) is 6.24. The van der Waals surface area contributed by atoms with Crippen molar-refractivity contribution in [3.63, 3.8) is 0 Å². The van der Waals surface area contributed by atoms with Crippen LogP contribution in [-0.4, -0.2) is 34.5 Å². The first-order valence-corrected chi connectivity index (χ1v) is 5.69. The van der Waals surface area contributed by atoms with E-state index in [-0.39, 0.29) is 0 Å². The van der Waals surface area contributed by atoms with E-state index >= 15 is 0 Å². The minimum absolute atomic E-state index is 0.679. The minimum atomic E-state index is -5.24. The summed E-state index contributed by atoms with van der Waals surface area (Å²) < 4.78 is 87.4. The van der Waals surface area contributed by atoms with E-state index in [0.29, 0.717) is 6.92 Å². The van der Waals surface area contributed by atoms with Crippen LogP contribution < -0.4 is 0 Å². The Bertz CT molecular complexity index is 288. The van der Waals surface area contributed by atoms with Gasteiger partial charge in [0.15, 0.2) is 6.17 Å². The molecule has 0 saturated carbocycles. The standard InChI is InChI=1S/C8H8F7IO2/c1-3(17)18-6(8(13,14)15)4(16)2-5(9)7(10,11)12/h4-6H,2H2,1H3. The van der Waals surface area contributed by atoms with Crippen LogP contribution >= 0.6 is 22.6 Å². The highest BCUT2D eigenvalue weighted by Gasteiger charge is 2.50. The summed E-state index contributed by atoms with van der Waals surface area (Å²) in [6.07, 6.45) is -17.9. The van der Waals surface area contributed by atoms with Crippen LogP contribution in [0.3, 0.4) is 0 Å². The topological polar surface area (TPSA) is 26.3 Å². The first-order chi connectivity index (χ1) is 7.85. The molecule has 3 unspecified atom stereocenters. The number of alkyl halides is 8. The van der Waals surface area contributed by atoms with Crippen molar-refractivity contribution in [2.24, 2.45) is 0 Å². The van der Waals surface area contributed by atoms with Crippen molar-refractivity contribution in [2.75, 3.05) is 0 Å². The van der Waals surface area contributed by atoms with E-state index in [0.717, 1.165) is 22.6 Å². The Morgan fingerprint density at radius 1 is 1.17 bits per heavy atom. The van der Waals surface area contributed by atoms with Gasteiger partial charge in [0.25, 0.3) is 0 Å². The van der Waals surface area contributed by atoms with Crippen molar-refractivity contribution in [2.45, 2.75) is 41.9 Å². The van der Waals surface area contributed by atoms with Crippen LogP contribution in [0.2, 0.25) is 0 Å². The summed E-state index contributed by atoms with van der Waals surface area (Å²) in [5.41, 5.74) is 0. The van der Waals surface area contributed by atoms with Gasteiger partial charge in [0, 0.05) is 13.3 Å². The summed E-state index contributed by atoms with van der Waals surface area (Å²) >= 11 is 0.980. The highest BCUT2D eigenvalue weighted by atomic mass is 127. The zero-order valence-electron chi connectivity index (χ0n) is 8.78. The Kier molecular flexibility index (Phi) is 6.14. The van der Waals surface area contributed by atoms with E-state index in [9.17, 15) is 35.5 Å². The van der Waals surface area contributed by atoms with Gasteiger partial charge in [-0.1, -0.05) is 22.6 Å². The summed E-state index contributed by atoms with van der Waals surface area (Å²) in [5, 5.41) is 0. The molecule has 0 heterocycles. The number of carbonyl (C=O) groups excluding carboxylic acids is 1. The van der Waals surface area contributed by atoms with Crippen LogP contribution in [0, 0.1) is 0 Å². The van der Waals surface area contributed by atoms with Crippen LogP contribution in [-0.2, 0) is 9.53 Å². The minimum Gasteiger partial charge on any atom is -0.452 e. The van der Waals surface area contributed by atoms with E-state index in [2.05, 4.69) is 4.74 Å². The average molecular weight is 396 g/mol. The molecule has 10 heteroatoms. The fourth-order valence-electron chi connectivity index (χ4n) is 0.979. The van der Waals surface area contributed by atoms with Gasteiger partial charge in [-0.25, -0.2) is 4.39 Å². The van der Waals surface area contributed by atoms with Gasteiger partial charge in [-0.15, -0.1) is 0 Å². The summed E-state index contributed by atoms with van der Waals surface area (Å²) in [6.45, 7) is 0.679. The number of esters is 1. The molecular weight excluding hydrogens is 388 g/mol. The molecule has 18 heavy (non-hydrogen) atoms. The molecule has 0 aromatic carbocycles. The van der Waals surface area contributed by atoms with Crippen molar-refractivity contribution >= 4 is 28.6 Å². The number of halogens is 8. The summed E-state index contributed by atoms with van der Waals surface area (Å²) in [4.78, 5) is 10.4. The normalized spacial score (nSPS) is 18.1. The van der Waals surface area contributed by atoms with Crippen molar-refractivity contribution in [1.82, 2.24) is 0 Å². The third kappa shape index (κ3) is 6.05. The van der Waals surface area contributed by atoms with E-state index in [4.69, 9.17) is 0 Å². The maximum atomic E-state index is 12.6. The molecule has 0 aliphatic carbocycles. The van der Waals surface area contributed by atoms with E-state index in [1.54, 1.807) is 0 Å². The maximum Gasteiger partial charge on any atom is 0.426 e. The predicted octanol–water partition coefficient (Wildman–Crippen LogP) is 3.57. The molecule has 2 nitrogen and oxygen atoms in total. The molecule has 0 amide bonds. The predicted molar refractivity (Wildman–Crippen MR) is 55.0 cm³/mol. The lowest BCUT2D eigenvalue weighted by Gasteiger charge is -2.26. The summed E-state index contributed by atoms with van der Waals surface area (Å²) in [6, 6.07) is 0. The molecule has 0 rings (SSSR count). The molecule has 0 radical (unpaired) electrons. The quantitative estimate of drug-likeness (QED) is 0.315. The Balaban J connectivity index is 4.77. The molecule has 108 valence electrons. The van der Waals surface area contributed by atoms with Gasteiger partial charge in [0.05, 0.1) is 3.92 Å². The number of hydrogen-bond acceptors (Lipinski definition) is 2. The molecule has 0 N–H and O–H groups in total. The van der Waals surface area contributed by atoms with Gasteiger partial charge in [0.2, 0.25) is 6.10 Å². The van der Waals surface area contributed by atoms with Crippen LogP contribution in [0.25, 0.3) is 0 Å². The molecule has 0 aromatic heterocycles. The SMILES string of the molecule is CC(=O)OC(C(I)CC(F)C(F)(F)F)C(F)(F)F. The summed E-state index contributed by atoms with van der Waals surface area (Å²) in [5.74, 6) is -1.30. The second-order valence-corrected chi connectivity index (χ2v) is 4.93. The molecule has 0 aliphatic rings. The molecular formula is C8H8F7IO2. The van der Waals surface area contributed by atoms with E-state index < -0.39 is 40.9 Å². The number of carbonyl (C=O) groups is 1. The Hall–Kier alpha value is -0.290. The highest BCUT2D eigenvalue weighted by molar-refractivity contribution is 14.1. The van der Waals surface area contributed by atoms with Crippen LogP contribution in [0.5, 0.6) is 0 Å². The van der Waals surface area contributed by atoms with Gasteiger partial charge in [-0.3, -0.25) is 4.79 Å². The van der Waals surface area contributed by atoms with E-state index in [1.807, 2.05) is 0 Å². The molecule has 0 aliphatic heterocycles. The van der Waals surface area contributed by atoms with Crippen molar-refractivity contribution in [1.29, 1.82) is 0 Å². The zero-order valence-corrected chi connectivity index (χ0v) is 10.9. The van der Waals surface area contributed by atoms with Crippen LogP contribution in [0.15, 0.2) is 0 Å². The first kappa shape index (κ1) is 17.7. The Morgan fingerprint density at radius 2 is 1.61 bits per heavy atom. The third-order valence-corrected chi connectivity index (χ3v) is 2.89. The fraction of sp³-hybridized carbons (Fsp3) is 0.875. The molecule has 0 bridgehead atoms. The van der Waals surface area contributed by atoms with Crippen molar-refractivity contribution < 1.29 is 40.3 Å². The molecule has 3 atom stereocenters. The Morgan fingerprint density at radius 3 is 1.89 bits per heavy atom. The van der Waals surface area contributed by atoms with Crippen LogP contribution in [0.4, 0.5) is 30.7 Å². The number of ether oxygens (including phenoxy) is 1. The summed E-state index contributed by atoms with van der Waals surface area (Å²) in [7, 11) is 0. The lowest BCUT2D eigenvalue weighted by molar-refractivity contribution is -0.223. The van der Waals surface area contributed by atoms with Gasteiger partial charge in [-0.05, 0) is 0 Å². The van der Waals surface area contributed by atoms with Crippen molar-refractivity contribution in [3.8, 4) is 0 Å². The van der Waals surface area contributed by atoms with Crippen LogP contribution in [0.1, 0.15) is 13.3 Å². The maximum absolute atomic E-state index is 12.6. The van der Waals surface area contributed by atoms with Crippen molar-refractivity contribution in [3.05, 3.63) is 0 Å². The average Bonchev–Trinajstić information content (AvgIpc) is 2.10.